The molecule has 0 aromatic carbocycles. The summed E-state index contributed by atoms with van der Waals surface area (Å²) in [5.41, 5.74) is 0. The van der Waals surface area contributed by atoms with Gasteiger partial charge in [-0.15, -0.1) is 0 Å². The Morgan fingerprint density at radius 2 is 1.81 bits per heavy atom. The molecular formula is C14H25NO. The first-order chi connectivity index (χ1) is 7.63. The number of Topliss-reactive ketones (excluding diaryl/α,β-unsaturated/α-hetero) is 1. The summed E-state index contributed by atoms with van der Waals surface area (Å²) >= 11 is 0. The molecule has 2 bridgehead atoms. The molecule has 16 heavy (non-hydrogen) atoms. The van der Waals surface area contributed by atoms with Crippen LogP contribution in [-0.4, -0.2) is 28.8 Å². The van der Waals surface area contributed by atoms with Crippen molar-refractivity contribution in [1.29, 1.82) is 0 Å². The Labute approximate surface area is 99.4 Å². The number of hydrogen-bond donors (Lipinski definition) is 0. The van der Waals surface area contributed by atoms with Crippen LogP contribution in [0, 0.1) is 5.92 Å². The van der Waals surface area contributed by atoms with E-state index in [0.29, 0.717) is 23.9 Å². The average Bonchev–Trinajstić information content (AvgIpc) is 2.25. The van der Waals surface area contributed by atoms with Crippen molar-refractivity contribution in [3.63, 3.8) is 0 Å². The van der Waals surface area contributed by atoms with Crippen LogP contribution in [0.25, 0.3) is 0 Å². The highest BCUT2D eigenvalue weighted by Gasteiger charge is 2.40. The van der Waals surface area contributed by atoms with Gasteiger partial charge in [-0.05, 0) is 25.7 Å². The normalized spacial score (nSPS) is 34.8. The number of ketones is 1. The van der Waals surface area contributed by atoms with Crippen LogP contribution in [0.1, 0.15) is 59.3 Å². The fourth-order valence-electron chi connectivity index (χ4n) is 3.51. The van der Waals surface area contributed by atoms with Crippen molar-refractivity contribution < 1.29 is 4.79 Å². The Kier molecular flexibility index (Phi) is 3.68. The van der Waals surface area contributed by atoms with Crippen molar-refractivity contribution in [3.05, 3.63) is 0 Å². The second-order valence-electron chi connectivity index (χ2n) is 5.76. The van der Waals surface area contributed by atoms with E-state index in [1.165, 1.54) is 25.7 Å². The lowest BCUT2D eigenvalue weighted by atomic mass is 9.81. The van der Waals surface area contributed by atoms with E-state index in [1.807, 2.05) is 0 Å². The Balaban J connectivity index is 2.11. The van der Waals surface area contributed by atoms with Gasteiger partial charge < -0.3 is 0 Å². The lowest BCUT2D eigenvalue weighted by Crippen LogP contribution is -2.57. The molecule has 0 saturated carbocycles. The van der Waals surface area contributed by atoms with Gasteiger partial charge in [-0.2, -0.15) is 0 Å². The van der Waals surface area contributed by atoms with E-state index < -0.39 is 0 Å². The molecule has 2 aliphatic rings. The number of piperidine rings is 2. The molecule has 0 radical (unpaired) electrons. The Morgan fingerprint density at radius 1 is 1.25 bits per heavy atom. The fourth-order valence-corrected chi connectivity index (χ4v) is 3.51. The zero-order valence-corrected chi connectivity index (χ0v) is 10.9. The topological polar surface area (TPSA) is 20.3 Å². The van der Waals surface area contributed by atoms with Gasteiger partial charge in [-0.1, -0.05) is 26.7 Å². The molecule has 2 heterocycles. The highest BCUT2D eigenvalue weighted by Crippen LogP contribution is 2.35. The zero-order chi connectivity index (χ0) is 11.7. The van der Waals surface area contributed by atoms with Crippen molar-refractivity contribution in [3.8, 4) is 0 Å². The van der Waals surface area contributed by atoms with Gasteiger partial charge in [-0.25, -0.2) is 0 Å². The molecular weight excluding hydrogens is 198 g/mol. The van der Waals surface area contributed by atoms with Gasteiger partial charge in [0, 0.05) is 31.0 Å². The number of fused-ring (bicyclic) bond motifs is 2. The maximum absolute atomic E-state index is 11.7. The maximum Gasteiger partial charge on any atom is 0.136 e. The van der Waals surface area contributed by atoms with Crippen LogP contribution in [0.15, 0.2) is 0 Å². The van der Waals surface area contributed by atoms with Gasteiger partial charge >= 0.3 is 0 Å². The van der Waals surface area contributed by atoms with Crippen LogP contribution in [0.5, 0.6) is 0 Å². The van der Waals surface area contributed by atoms with E-state index in [4.69, 9.17) is 0 Å². The molecule has 0 aromatic heterocycles. The van der Waals surface area contributed by atoms with Gasteiger partial charge in [0.2, 0.25) is 0 Å². The van der Waals surface area contributed by atoms with Crippen molar-refractivity contribution in [2.75, 3.05) is 0 Å². The summed E-state index contributed by atoms with van der Waals surface area (Å²) in [7, 11) is 0. The van der Waals surface area contributed by atoms with Crippen molar-refractivity contribution in [1.82, 2.24) is 4.90 Å². The summed E-state index contributed by atoms with van der Waals surface area (Å²) < 4.78 is 0. The monoisotopic (exact) mass is 223 g/mol. The highest BCUT2D eigenvalue weighted by atomic mass is 16.1. The Hall–Kier alpha value is -0.370. The zero-order valence-electron chi connectivity index (χ0n) is 10.9. The van der Waals surface area contributed by atoms with E-state index in [1.54, 1.807) is 0 Å². The predicted molar refractivity (Wildman–Crippen MR) is 66.4 cm³/mol. The Bertz CT molecular complexity index is 247. The van der Waals surface area contributed by atoms with Crippen molar-refractivity contribution >= 4 is 5.78 Å². The number of nitrogens with zero attached hydrogens (tertiary/aromatic N) is 1. The first-order valence-corrected chi connectivity index (χ1v) is 6.92. The van der Waals surface area contributed by atoms with Gasteiger partial charge in [0.1, 0.15) is 5.78 Å². The molecule has 2 aliphatic heterocycles. The molecule has 2 rings (SSSR count). The first kappa shape index (κ1) is 12.1. The molecule has 0 amide bonds. The molecule has 4 unspecified atom stereocenters. The number of carbonyl (C=O) groups is 1. The highest BCUT2D eigenvalue weighted by molar-refractivity contribution is 5.80. The SMILES string of the molecule is CCC(C)C(C)N1C2CCCC1CC(=O)C2. The summed E-state index contributed by atoms with van der Waals surface area (Å²) in [6, 6.07) is 1.77. The minimum atomic E-state index is 0.502. The van der Waals surface area contributed by atoms with Crippen LogP contribution in [0.4, 0.5) is 0 Å². The predicted octanol–water partition coefficient (Wildman–Crippen LogP) is 3.01. The van der Waals surface area contributed by atoms with Crippen LogP contribution >= 0.6 is 0 Å². The summed E-state index contributed by atoms with van der Waals surface area (Å²) in [5.74, 6) is 1.25. The molecule has 2 heteroatoms. The second-order valence-corrected chi connectivity index (χ2v) is 5.76. The van der Waals surface area contributed by atoms with Crippen LogP contribution in [0.3, 0.4) is 0 Å². The third-order valence-electron chi connectivity index (χ3n) is 4.78. The summed E-state index contributed by atoms with van der Waals surface area (Å²) in [4.78, 5) is 14.3. The van der Waals surface area contributed by atoms with Gasteiger partial charge in [0.15, 0.2) is 0 Å². The van der Waals surface area contributed by atoms with Crippen molar-refractivity contribution in [2.24, 2.45) is 5.92 Å². The Morgan fingerprint density at radius 3 is 2.31 bits per heavy atom. The molecule has 0 spiro atoms. The maximum atomic E-state index is 11.7. The second kappa shape index (κ2) is 4.87. The minimum absolute atomic E-state index is 0.502. The van der Waals surface area contributed by atoms with Gasteiger partial charge in [0.25, 0.3) is 0 Å². The molecule has 92 valence electrons. The lowest BCUT2D eigenvalue weighted by Gasteiger charge is -2.50. The number of hydrogen-bond acceptors (Lipinski definition) is 2. The van der Waals surface area contributed by atoms with E-state index >= 15 is 0 Å². The molecule has 2 fully saturated rings. The lowest BCUT2D eigenvalue weighted by molar-refractivity contribution is -0.129. The molecule has 2 nitrogen and oxygen atoms in total. The smallest absolute Gasteiger partial charge is 0.136 e. The molecule has 2 saturated heterocycles. The van der Waals surface area contributed by atoms with Gasteiger partial charge in [-0.3, -0.25) is 9.69 Å². The third kappa shape index (κ3) is 2.17. The van der Waals surface area contributed by atoms with E-state index in [0.717, 1.165) is 18.8 Å². The van der Waals surface area contributed by atoms with E-state index in [9.17, 15) is 4.79 Å². The van der Waals surface area contributed by atoms with E-state index in [2.05, 4.69) is 25.7 Å². The minimum Gasteiger partial charge on any atom is -0.300 e. The molecule has 0 aromatic rings. The molecule has 4 atom stereocenters. The van der Waals surface area contributed by atoms with Crippen LogP contribution < -0.4 is 0 Å². The largest absolute Gasteiger partial charge is 0.300 e. The summed E-state index contributed by atoms with van der Waals surface area (Å²) in [5, 5.41) is 0. The third-order valence-corrected chi connectivity index (χ3v) is 4.78. The van der Waals surface area contributed by atoms with Crippen LogP contribution in [0.2, 0.25) is 0 Å². The van der Waals surface area contributed by atoms with Gasteiger partial charge in [0.05, 0.1) is 0 Å². The van der Waals surface area contributed by atoms with E-state index in [-0.39, 0.29) is 0 Å². The van der Waals surface area contributed by atoms with Crippen molar-refractivity contribution in [2.45, 2.75) is 77.4 Å². The fraction of sp³-hybridized carbons (Fsp3) is 0.929. The number of carbonyl (C=O) groups excluding carboxylic acids is 1. The molecule has 0 N–H and O–H groups in total. The quantitative estimate of drug-likeness (QED) is 0.733. The average molecular weight is 223 g/mol. The standard InChI is InChI=1S/C14H25NO/c1-4-10(2)11(3)15-12-6-5-7-13(15)9-14(16)8-12/h10-13H,4-9H2,1-3H3. The number of rotatable bonds is 3. The van der Waals surface area contributed by atoms with Crippen LogP contribution in [-0.2, 0) is 4.79 Å². The summed E-state index contributed by atoms with van der Waals surface area (Å²) in [6.45, 7) is 6.97. The summed E-state index contributed by atoms with van der Waals surface area (Å²) in [6.07, 6.45) is 6.68. The first-order valence-electron chi connectivity index (χ1n) is 6.92. The molecule has 0 aliphatic carbocycles.